The van der Waals surface area contributed by atoms with E-state index in [1.54, 1.807) is 0 Å². The van der Waals surface area contributed by atoms with Crippen LogP contribution < -0.4 is 0 Å². The summed E-state index contributed by atoms with van der Waals surface area (Å²) in [5.41, 5.74) is 4.67. The number of aromatic nitrogens is 1. The number of carbonyl (C=O) groups excluding carboxylic acids is 1. The summed E-state index contributed by atoms with van der Waals surface area (Å²) in [6.07, 6.45) is 4.81. The molecule has 1 aliphatic heterocycles. The highest BCUT2D eigenvalue weighted by molar-refractivity contribution is 6.44. The van der Waals surface area contributed by atoms with Crippen LogP contribution in [-0.2, 0) is 25.2 Å². The molecule has 7 heteroatoms. The van der Waals surface area contributed by atoms with Gasteiger partial charge in [-0.3, -0.25) is 4.79 Å². The smallest absolute Gasteiger partial charge is 0.460 e. The molecule has 1 fully saturated rings. The first-order valence-electron chi connectivity index (χ1n) is 14.7. The standard InChI is InChI=1S/C35H39BFNO4/c1-24(2)38-31-14-10-9-13-30(31)34(26-15-17-27(37)18-16-26)32(38)20-19-28-21-29(22-33(39)40-35(3,4)5)42-36(41-28)23-25-11-7-6-8-12-25/h6-20,24,28-29H,21-23H2,1-5H3/b20-19+/t28-,29-/m1/s1. The molecule has 3 aromatic carbocycles. The maximum Gasteiger partial charge on any atom is 0.462 e. The molecule has 2 atom stereocenters. The number of halogens is 1. The molecular formula is C35H39BFNO4. The van der Waals surface area contributed by atoms with Crippen molar-refractivity contribution in [2.45, 2.75) is 77.6 Å². The lowest BCUT2D eigenvalue weighted by Gasteiger charge is -2.33. The molecule has 218 valence electrons. The summed E-state index contributed by atoms with van der Waals surface area (Å²) in [7, 11) is -0.504. The number of esters is 1. The van der Waals surface area contributed by atoms with Crippen molar-refractivity contribution in [3.05, 3.63) is 102 Å². The minimum atomic E-state index is -0.563. The predicted octanol–water partition coefficient (Wildman–Crippen LogP) is 8.22. The van der Waals surface area contributed by atoms with E-state index >= 15 is 0 Å². The summed E-state index contributed by atoms with van der Waals surface area (Å²) in [5.74, 6) is -0.548. The van der Waals surface area contributed by atoms with Crippen LogP contribution in [0.2, 0.25) is 0 Å². The van der Waals surface area contributed by atoms with Crippen molar-refractivity contribution in [1.82, 2.24) is 4.57 Å². The van der Waals surface area contributed by atoms with Gasteiger partial charge in [-0.05, 0) is 64.5 Å². The van der Waals surface area contributed by atoms with E-state index in [0.29, 0.717) is 12.7 Å². The van der Waals surface area contributed by atoms with Crippen molar-refractivity contribution in [3.8, 4) is 11.1 Å². The molecule has 0 unspecified atom stereocenters. The van der Waals surface area contributed by atoms with E-state index in [-0.39, 0.29) is 36.5 Å². The monoisotopic (exact) mass is 567 g/mol. The average Bonchev–Trinajstić information content (AvgIpc) is 3.26. The van der Waals surface area contributed by atoms with Crippen LogP contribution in [0.5, 0.6) is 0 Å². The van der Waals surface area contributed by atoms with Crippen molar-refractivity contribution >= 4 is 30.1 Å². The Labute approximate surface area is 248 Å². The highest BCUT2D eigenvalue weighted by Gasteiger charge is 2.35. The first-order chi connectivity index (χ1) is 20.1. The molecule has 5 rings (SSSR count). The van der Waals surface area contributed by atoms with Gasteiger partial charge in [0.2, 0.25) is 0 Å². The van der Waals surface area contributed by atoms with E-state index < -0.39 is 12.7 Å². The van der Waals surface area contributed by atoms with Gasteiger partial charge < -0.3 is 18.6 Å². The average molecular weight is 568 g/mol. The molecule has 0 saturated carbocycles. The maximum absolute atomic E-state index is 13.9. The molecule has 0 bridgehead atoms. The lowest BCUT2D eigenvalue weighted by atomic mass is 9.77. The molecule has 1 saturated heterocycles. The summed E-state index contributed by atoms with van der Waals surface area (Å²) in [6, 6.07) is 25.2. The lowest BCUT2D eigenvalue weighted by Crippen LogP contribution is -2.43. The van der Waals surface area contributed by atoms with E-state index in [2.05, 4.69) is 42.7 Å². The van der Waals surface area contributed by atoms with Gasteiger partial charge >= 0.3 is 13.1 Å². The summed E-state index contributed by atoms with van der Waals surface area (Å²) < 4.78 is 34.5. The van der Waals surface area contributed by atoms with Crippen LogP contribution in [0, 0.1) is 5.82 Å². The first kappa shape index (κ1) is 29.8. The third kappa shape index (κ3) is 7.20. The number of ether oxygens (including phenoxy) is 1. The fourth-order valence-corrected chi connectivity index (χ4v) is 5.66. The van der Waals surface area contributed by atoms with E-state index in [1.165, 1.54) is 12.1 Å². The van der Waals surface area contributed by atoms with Crippen molar-refractivity contribution in [2.75, 3.05) is 0 Å². The van der Waals surface area contributed by atoms with Gasteiger partial charge in [-0.1, -0.05) is 72.3 Å². The molecule has 2 heterocycles. The Balaban J connectivity index is 1.49. The Kier molecular flexibility index (Phi) is 9.00. The van der Waals surface area contributed by atoms with Crippen molar-refractivity contribution in [2.24, 2.45) is 0 Å². The second-order valence-corrected chi connectivity index (χ2v) is 12.2. The van der Waals surface area contributed by atoms with Gasteiger partial charge in [0.05, 0.1) is 18.6 Å². The van der Waals surface area contributed by atoms with Gasteiger partial charge in [-0.25, -0.2) is 4.39 Å². The molecule has 4 aromatic rings. The molecule has 0 radical (unpaired) electrons. The normalized spacial score (nSPS) is 17.8. The summed E-state index contributed by atoms with van der Waals surface area (Å²) in [4.78, 5) is 12.7. The van der Waals surface area contributed by atoms with Gasteiger partial charge in [-0.2, -0.15) is 0 Å². The lowest BCUT2D eigenvalue weighted by molar-refractivity contribution is -0.157. The van der Waals surface area contributed by atoms with Gasteiger partial charge in [-0.15, -0.1) is 0 Å². The second-order valence-electron chi connectivity index (χ2n) is 12.2. The summed E-state index contributed by atoms with van der Waals surface area (Å²) in [6.45, 7) is 9.93. The fourth-order valence-electron chi connectivity index (χ4n) is 5.66. The van der Waals surface area contributed by atoms with Crippen LogP contribution in [0.25, 0.3) is 28.1 Å². The SMILES string of the molecule is CC(C)n1c(/C=C/[C@@H]2C[C@H](CC(=O)OC(C)(C)C)OB(Cc3ccccc3)O2)c(-c2ccc(F)cc2)c2ccccc21. The number of rotatable bonds is 8. The van der Waals surface area contributed by atoms with E-state index in [0.717, 1.165) is 33.3 Å². The molecule has 1 aromatic heterocycles. The van der Waals surface area contributed by atoms with Crippen molar-refractivity contribution in [3.63, 3.8) is 0 Å². The Bertz CT molecular complexity index is 1540. The molecule has 0 N–H and O–H groups in total. The second kappa shape index (κ2) is 12.7. The van der Waals surface area contributed by atoms with E-state index in [9.17, 15) is 9.18 Å². The molecule has 1 aliphatic rings. The minimum absolute atomic E-state index is 0.156. The number of para-hydroxylation sites is 1. The van der Waals surface area contributed by atoms with Crippen LogP contribution in [0.1, 0.15) is 64.8 Å². The highest BCUT2D eigenvalue weighted by Crippen LogP contribution is 2.38. The van der Waals surface area contributed by atoms with Crippen molar-refractivity contribution in [1.29, 1.82) is 0 Å². The number of hydrogen-bond acceptors (Lipinski definition) is 4. The Morgan fingerprint density at radius 2 is 1.71 bits per heavy atom. The third-order valence-corrected chi connectivity index (χ3v) is 7.29. The van der Waals surface area contributed by atoms with Crippen LogP contribution >= 0.6 is 0 Å². The van der Waals surface area contributed by atoms with Crippen molar-refractivity contribution < 1.29 is 23.2 Å². The zero-order valence-corrected chi connectivity index (χ0v) is 25.0. The van der Waals surface area contributed by atoms with Gasteiger partial charge in [0, 0.05) is 40.9 Å². The first-order valence-corrected chi connectivity index (χ1v) is 14.7. The molecular weight excluding hydrogens is 528 g/mol. The quantitative estimate of drug-likeness (QED) is 0.159. The fraction of sp³-hybridized carbons (Fsp3) is 0.343. The molecule has 5 nitrogen and oxygen atoms in total. The largest absolute Gasteiger partial charge is 0.462 e. The van der Waals surface area contributed by atoms with Gasteiger partial charge in [0.15, 0.2) is 0 Å². The Morgan fingerprint density at radius 1 is 1.02 bits per heavy atom. The Morgan fingerprint density at radius 3 is 2.40 bits per heavy atom. The number of carbonyl (C=O) groups is 1. The highest BCUT2D eigenvalue weighted by atomic mass is 19.1. The van der Waals surface area contributed by atoms with Crippen LogP contribution in [0.3, 0.4) is 0 Å². The van der Waals surface area contributed by atoms with E-state index in [1.807, 2.05) is 75.4 Å². The van der Waals surface area contributed by atoms with Gasteiger partial charge in [0.1, 0.15) is 11.4 Å². The number of nitrogens with zero attached hydrogens (tertiary/aromatic N) is 1. The third-order valence-electron chi connectivity index (χ3n) is 7.29. The summed E-state index contributed by atoms with van der Waals surface area (Å²) >= 11 is 0. The van der Waals surface area contributed by atoms with Crippen LogP contribution in [-0.4, -0.2) is 35.5 Å². The van der Waals surface area contributed by atoms with E-state index in [4.69, 9.17) is 14.0 Å². The van der Waals surface area contributed by atoms with Crippen LogP contribution in [0.4, 0.5) is 4.39 Å². The predicted molar refractivity (Wildman–Crippen MR) is 167 cm³/mol. The minimum Gasteiger partial charge on any atom is -0.460 e. The zero-order valence-electron chi connectivity index (χ0n) is 25.0. The number of benzene rings is 3. The number of hydrogen-bond donors (Lipinski definition) is 0. The van der Waals surface area contributed by atoms with Gasteiger partial charge in [0.25, 0.3) is 0 Å². The molecule has 0 spiro atoms. The maximum atomic E-state index is 13.9. The molecule has 0 amide bonds. The molecule has 42 heavy (non-hydrogen) atoms. The van der Waals surface area contributed by atoms with Crippen LogP contribution in [0.15, 0.2) is 84.9 Å². The zero-order chi connectivity index (χ0) is 29.9. The topological polar surface area (TPSA) is 49.7 Å². The Hall–Kier alpha value is -3.68. The number of fused-ring (bicyclic) bond motifs is 1. The molecule has 0 aliphatic carbocycles. The summed E-state index contributed by atoms with van der Waals surface area (Å²) in [5, 5.41) is 1.11.